The summed E-state index contributed by atoms with van der Waals surface area (Å²) in [6.07, 6.45) is 1.64. The van der Waals surface area contributed by atoms with Crippen LogP contribution in [0.4, 0.5) is 5.69 Å². The van der Waals surface area contributed by atoms with E-state index in [0.29, 0.717) is 12.0 Å². The maximum absolute atomic E-state index is 10.4. The van der Waals surface area contributed by atoms with Crippen LogP contribution < -0.4 is 5.32 Å². The van der Waals surface area contributed by atoms with Crippen molar-refractivity contribution < 1.29 is 9.90 Å². The Balaban J connectivity index is 2.52. The number of halogens is 1. The van der Waals surface area contributed by atoms with Crippen LogP contribution in [0, 0.1) is 11.3 Å². The van der Waals surface area contributed by atoms with Crippen LogP contribution in [0.1, 0.15) is 31.7 Å². The monoisotopic (exact) mass is 310 g/mol. The van der Waals surface area contributed by atoms with Crippen LogP contribution in [0.25, 0.3) is 0 Å². The van der Waals surface area contributed by atoms with Crippen LogP contribution in [0.2, 0.25) is 0 Å². The Labute approximate surface area is 115 Å². The summed E-state index contributed by atoms with van der Waals surface area (Å²) in [5.41, 5.74) is 1.52. The molecule has 0 aliphatic heterocycles. The Morgan fingerprint density at radius 2 is 2.33 bits per heavy atom. The fourth-order valence-corrected chi connectivity index (χ4v) is 2.09. The summed E-state index contributed by atoms with van der Waals surface area (Å²) >= 11 is 3.40. The summed E-state index contributed by atoms with van der Waals surface area (Å²) in [6, 6.07) is 7.61. The molecule has 0 spiro atoms. The standard InChI is InChI=1S/C13H15BrN2O2/c1-9(3-2-4-13(17)18)16-12-6-5-10(8-15)7-11(12)14/h5-7,9,16H,2-4H2,1H3,(H,17,18). The zero-order valence-electron chi connectivity index (χ0n) is 10.1. The van der Waals surface area contributed by atoms with Gasteiger partial charge in [0, 0.05) is 22.6 Å². The number of anilines is 1. The average Bonchev–Trinajstić information content (AvgIpc) is 2.31. The predicted octanol–water partition coefficient (Wildman–Crippen LogP) is 3.38. The van der Waals surface area contributed by atoms with E-state index in [1.165, 1.54) is 0 Å². The molecule has 2 N–H and O–H groups in total. The number of carbonyl (C=O) groups is 1. The van der Waals surface area contributed by atoms with Crippen LogP contribution in [0.15, 0.2) is 22.7 Å². The summed E-state index contributed by atoms with van der Waals surface area (Å²) < 4.78 is 0.839. The van der Waals surface area contributed by atoms with Crippen molar-refractivity contribution in [3.05, 3.63) is 28.2 Å². The van der Waals surface area contributed by atoms with E-state index >= 15 is 0 Å². The van der Waals surface area contributed by atoms with E-state index in [9.17, 15) is 4.79 Å². The molecule has 1 rings (SSSR count). The van der Waals surface area contributed by atoms with E-state index in [2.05, 4.69) is 27.3 Å². The lowest BCUT2D eigenvalue weighted by Crippen LogP contribution is -2.15. The van der Waals surface area contributed by atoms with Gasteiger partial charge in [-0.1, -0.05) is 0 Å². The molecule has 0 aliphatic rings. The first kappa shape index (κ1) is 14.5. The third-order valence-corrected chi connectivity index (χ3v) is 3.18. The van der Waals surface area contributed by atoms with Crippen molar-refractivity contribution in [3.63, 3.8) is 0 Å². The van der Waals surface area contributed by atoms with Gasteiger partial charge in [0.05, 0.1) is 11.6 Å². The van der Waals surface area contributed by atoms with Gasteiger partial charge in [-0.25, -0.2) is 0 Å². The van der Waals surface area contributed by atoms with Gasteiger partial charge in [0.15, 0.2) is 0 Å². The maximum Gasteiger partial charge on any atom is 0.303 e. The van der Waals surface area contributed by atoms with Crippen molar-refractivity contribution in [2.45, 2.75) is 32.2 Å². The van der Waals surface area contributed by atoms with Gasteiger partial charge in [0.25, 0.3) is 0 Å². The van der Waals surface area contributed by atoms with Crippen LogP contribution in [0.5, 0.6) is 0 Å². The molecule has 1 unspecified atom stereocenters. The Morgan fingerprint density at radius 3 is 2.89 bits per heavy atom. The number of nitriles is 1. The van der Waals surface area contributed by atoms with Crippen LogP contribution in [-0.4, -0.2) is 17.1 Å². The third-order valence-electron chi connectivity index (χ3n) is 2.53. The SMILES string of the molecule is CC(CCCC(=O)O)Nc1ccc(C#N)cc1Br. The Bertz CT molecular complexity index is 469. The number of benzene rings is 1. The minimum Gasteiger partial charge on any atom is -0.481 e. The van der Waals surface area contributed by atoms with Gasteiger partial charge >= 0.3 is 5.97 Å². The van der Waals surface area contributed by atoms with Gasteiger partial charge in [-0.15, -0.1) is 0 Å². The van der Waals surface area contributed by atoms with E-state index in [0.717, 1.165) is 16.6 Å². The van der Waals surface area contributed by atoms with Gasteiger partial charge < -0.3 is 10.4 Å². The number of carboxylic acids is 1. The van der Waals surface area contributed by atoms with Crippen LogP contribution >= 0.6 is 15.9 Å². The van der Waals surface area contributed by atoms with Gasteiger partial charge in [0.2, 0.25) is 0 Å². The summed E-state index contributed by atoms with van der Waals surface area (Å²) in [5.74, 6) is -0.762. The fourth-order valence-electron chi connectivity index (χ4n) is 1.60. The Morgan fingerprint density at radius 1 is 1.61 bits per heavy atom. The highest BCUT2D eigenvalue weighted by Crippen LogP contribution is 2.24. The maximum atomic E-state index is 10.4. The first-order valence-electron chi connectivity index (χ1n) is 5.71. The molecule has 5 heteroatoms. The second kappa shape index (κ2) is 7.02. The van der Waals surface area contributed by atoms with Crippen molar-refractivity contribution in [3.8, 4) is 6.07 Å². The lowest BCUT2D eigenvalue weighted by atomic mass is 10.1. The zero-order chi connectivity index (χ0) is 13.5. The normalized spacial score (nSPS) is 11.6. The molecule has 0 heterocycles. The number of nitrogens with zero attached hydrogens (tertiary/aromatic N) is 1. The minimum atomic E-state index is -0.762. The number of carboxylic acid groups (broad SMARTS) is 1. The smallest absolute Gasteiger partial charge is 0.303 e. The van der Waals surface area contributed by atoms with Crippen molar-refractivity contribution in [1.29, 1.82) is 5.26 Å². The molecule has 0 aliphatic carbocycles. The van der Waals surface area contributed by atoms with E-state index in [4.69, 9.17) is 10.4 Å². The Kier molecular flexibility index (Phi) is 5.66. The summed E-state index contributed by atoms with van der Waals surface area (Å²) in [5, 5.41) is 20.6. The number of hydrogen-bond acceptors (Lipinski definition) is 3. The summed E-state index contributed by atoms with van der Waals surface area (Å²) in [4.78, 5) is 10.4. The molecular weight excluding hydrogens is 296 g/mol. The molecule has 0 saturated carbocycles. The molecule has 0 fully saturated rings. The fraction of sp³-hybridized carbons (Fsp3) is 0.385. The highest BCUT2D eigenvalue weighted by atomic mass is 79.9. The quantitative estimate of drug-likeness (QED) is 0.844. The molecule has 96 valence electrons. The van der Waals surface area contributed by atoms with E-state index < -0.39 is 5.97 Å². The largest absolute Gasteiger partial charge is 0.481 e. The number of aliphatic carboxylic acids is 1. The second-order valence-corrected chi connectivity index (χ2v) is 4.99. The topological polar surface area (TPSA) is 73.1 Å². The first-order valence-corrected chi connectivity index (χ1v) is 6.50. The Hall–Kier alpha value is -1.54. The van der Waals surface area contributed by atoms with Crippen molar-refractivity contribution >= 4 is 27.6 Å². The van der Waals surface area contributed by atoms with Crippen molar-refractivity contribution in [2.24, 2.45) is 0 Å². The van der Waals surface area contributed by atoms with Crippen LogP contribution in [0.3, 0.4) is 0 Å². The molecule has 0 radical (unpaired) electrons. The van der Waals surface area contributed by atoms with E-state index in [1.54, 1.807) is 12.1 Å². The van der Waals surface area contributed by atoms with Crippen molar-refractivity contribution in [2.75, 3.05) is 5.32 Å². The van der Waals surface area contributed by atoms with E-state index in [-0.39, 0.29) is 12.5 Å². The van der Waals surface area contributed by atoms with Crippen molar-refractivity contribution in [1.82, 2.24) is 0 Å². The van der Waals surface area contributed by atoms with Gasteiger partial charge in [-0.05, 0) is 53.9 Å². The van der Waals surface area contributed by atoms with Crippen LogP contribution in [-0.2, 0) is 4.79 Å². The molecule has 1 aromatic rings. The number of nitrogens with one attached hydrogen (secondary N) is 1. The van der Waals surface area contributed by atoms with E-state index in [1.807, 2.05) is 13.0 Å². The molecule has 0 bridgehead atoms. The highest BCUT2D eigenvalue weighted by molar-refractivity contribution is 9.10. The van der Waals surface area contributed by atoms with Gasteiger partial charge in [0.1, 0.15) is 0 Å². The third kappa shape index (κ3) is 4.76. The molecule has 1 aromatic carbocycles. The molecule has 18 heavy (non-hydrogen) atoms. The van der Waals surface area contributed by atoms with Gasteiger partial charge in [-0.2, -0.15) is 5.26 Å². The molecule has 0 aromatic heterocycles. The molecule has 0 amide bonds. The highest BCUT2D eigenvalue weighted by Gasteiger charge is 2.07. The van der Waals surface area contributed by atoms with Gasteiger partial charge in [-0.3, -0.25) is 4.79 Å². The molecule has 4 nitrogen and oxygen atoms in total. The first-order chi connectivity index (χ1) is 8.52. The lowest BCUT2D eigenvalue weighted by molar-refractivity contribution is -0.137. The minimum absolute atomic E-state index is 0.189. The predicted molar refractivity (Wildman–Crippen MR) is 73.4 cm³/mol. The number of hydrogen-bond donors (Lipinski definition) is 2. The summed E-state index contributed by atoms with van der Waals surface area (Å²) in [6.45, 7) is 2.01. The number of rotatable bonds is 6. The summed E-state index contributed by atoms with van der Waals surface area (Å²) in [7, 11) is 0. The second-order valence-electron chi connectivity index (χ2n) is 4.14. The molecular formula is C13H15BrN2O2. The lowest BCUT2D eigenvalue weighted by Gasteiger charge is -2.16. The molecule has 0 saturated heterocycles. The average molecular weight is 311 g/mol. The zero-order valence-corrected chi connectivity index (χ0v) is 11.7. The molecule has 1 atom stereocenters.